The molecule has 0 aromatic carbocycles. The third kappa shape index (κ3) is 3.92. The molecule has 0 saturated carbocycles. The Morgan fingerprint density at radius 3 is 2.81 bits per heavy atom. The van der Waals surface area contributed by atoms with Crippen LogP contribution < -0.4 is 5.73 Å². The lowest BCUT2D eigenvalue weighted by molar-refractivity contribution is 0.202. The lowest BCUT2D eigenvalue weighted by Gasteiger charge is -2.21. The van der Waals surface area contributed by atoms with Crippen molar-refractivity contribution in [2.75, 3.05) is 45.1 Å². The van der Waals surface area contributed by atoms with Gasteiger partial charge in [0, 0.05) is 36.8 Å². The first-order valence-corrected chi connectivity index (χ1v) is 8.93. The molecule has 1 saturated heterocycles. The number of halogens is 1. The summed E-state index contributed by atoms with van der Waals surface area (Å²) < 4.78 is 27.4. The number of pyridine rings is 1. The van der Waals surface area contributed by atoms with Crippen molar-refractivity contribution in [3.63, 3.8) is 0 Å². The van der Waals surface area contributed by atoms with Crippen molar-refractivity contribution >= 4 is 31.8 Å². The third-order valence-corrected chi connectivity index (χ3v) is 5.79. The fourth-order valence-corrected chi connectivity index (χ4v) is 4.37. The SMILES string of the molecule is Nc1ncc(Br)cc1S(=O)(=O)N1CCCN(CCO)CC1. The number of aliphatic hydroxyl groups is 1. The van der Waals surface area contributed by atoms with E-state index in [1.54, 1.807) is 0 Å². The molecular formula is C12H19BrN4O3S. The molecule has 0 radical (unpaired) electrons. The van der Waals surface area contributed by atoms with Gasteiger partial charge in [0.15, 0.2) is 0 Å². The summed E-state index contributed by atoms with van der Waals surface area (Å²) in [4.78, 5) is 5.98. The van der Waals surface area contributed by atoms with Crippen molar-refractivity contribution in [3.8, 4) is 0 Å². The van der Waals surface area contributed by atoms with Crippen LogP contribution in [0.2, 0.25) is 0 Å². The summed E-state index contributed by atoms with van der Waals surface area (Å²) in [6, 6.07) is 1.48. The maximum atomic E-state index is 12.7. The van der Waals surface area contributed by atoms with Gasteiger partial charge in [-0.2, -0.15) is 4.31 Å². The molecular weight excluding hydrogens is 360 g/mol. The molecule has 118 valence electrons. The number of nitrogens with zero attached hydrogens (tertiary/aromatic N) is 3. The van der Waals surface area contributed by atoms with Crippen LogP contribution in [-0.2, 0) is 10.0 Å². The molecule has 1 aromatic rings. The Bertz CT molecular complexity index is 596. The number of anilines is 1. The highest BCUT2D eigenvalue weighted by atomic mass is 79.9. The number of rotatable bonds is 4. The Kier molecular flexibility index (Phi) is 5.55. The van der Waals surface area contributed by atoms with E-state index in [0.29, 0.717) is 30.7 Å². The highest BCUT2D eigenvalue weighted by molar-refractivity contribution is 9.10. The highest BCUT2D eigenvalue weighted by Crippen LogP contribution is 2.24. The van der Waals surface area contributed by atoms with Gasteiger partial charge in [0.2, 0.25) is 10.0 Å². The average Bonchev–Trinajstić information content (AvgIpc) is 2.68. The molecule has 7 nitrogen and oxygen atoms in total. The smallest absolute Gasteiger partial charge is 0.246 e. The quantitative estimate of drug-likeness (QED) is 0.771. The first-order valence-electron chi connectivity index (χ1n) is 6.69. The number of β-amino-alcohol motifs (C(OH)–C–C–N with tert-alkyl or cyclic N) is 1. The fourth-order valence-electron chi connectivity index (χ4n) is 2.33. The van der Waals surface area contributed by atoms with E-state index < -0.39 is 10.0 Å². The molecule has 2 heterocycles. The van der Waals surface area contributed by atoms with Crippen molar-refractivity contribution < 1.29 is 13.5 Å². The van der Waals surface area contributed by atoms with Crippen LogP contribution >= 0.6 is 15.9 Å². The standard InChI is InChI=1S/C12H19BrN4O3S/c13-10-8-11(12(14)15-9-10)21(19,20)17-3-1-2-16(4-5-17)6-7-18/h8-9,18H,1-7H2,(H2,14,15). The van der Waals surface area contributed by atoms with Gasteiger partial charge in [-0.15, -0.1) is 0 Å². The van der Waals surface area contributed by atoms with E-state index in [-0.39, 0.29) is 17.3 Å². The molecule has 0 bridgehead atoms. The van der Waals surface area contributed by atoms with Crippen LogP contribution in [0.1, 0.15) is 6.42 Å². The molecule has 1 aliphatic rings. The highest BCUT2D eigenvalue weighted by Gasteiger charge is 2.29. The van der Waals surface area contributed by atoms with Crippen LogP contribution in [0.25, 0.3) is 0 Å². The van der Waals surface area contributed by atoms with Gasteiger partial charge in [-0.25, -0.2) is 13.4 Å². The van der Waals surface area contributed by atoms with Crippen molar-refractivity contribution in [1.29, 1.82) is 0 Å². The number of nitrogen functional groups attached to an aromatic ring is 1. The number of aliphatic hydroxyl groups excluding tert-OH is 1. The minimum absolute atomic E-state index is 0.00895. The molecule has 1 aliphatic heterocycles. The molecule has 0 aliphatic carbocycles. The zero-order valence-electron chi connectivity index (χ0n) is 11.6. The van der Waals surface area contributed by atoms with Crippen LogP contribution in [0.3, 0.4) is 0 Å². The molecule has 0 spiro atoms. The Morgan fingerprint density at radius 2 is 2.10 bits per heavy atom. The minimum Gasteiger partial charge on any atom is -0.395 e. The van der Waals surface area contributed by atoms with Crippen molar-refractivity contribution in [3.05, 3.63) is 16.7 Å². The lowest BCUT2D eigenvalue weighted by atomic mass is 10.4. The second kappa shape index (κ2) is 7.01. The number of hydrogen-bond acceptors (Lipinski definition) is 6. The topological polar surface area (TPSA) is 99.8 Å². The second-order valence-corrected chi connectivity index (χ2v) is 7.68. The van der Waals surface area contributed by atoms with Gasteiger partial charge in [-0.3, -0.25) is 4.90 Å². The monoisotopic (exact) mass is 378 g/mol. The molecule has 9 heteroatoms. The van der Waals surface area contributed by atoms with E-state index in [9.17, 15) is 8.42 Å². The third-order valence-electron chi connectivity index (χ3n) is 3.43. The van der Waals surface area contributed by atoms with Gasteiger partial charge in [-0.05, 0) is 35.0 Å². The van der Waals surface area contributed by atoms with Crippen molar-refractivity contribution in [1.82, 2.24) is 14.2 Å². The maximum absolute atomic E-state index is 12.7. The summed E-state index contributed by atoms with van der Waals surface area (Å²) in [6.45, 7) is 2.84. The van der Waals surface area contributed by atoms with Crippen LogP contribution in [0.5, 0.6) is 0 Å². The van der Waals surface area contributed by atoms with Gasteiger partial charge in [0.1, 0.15) is 10.7 Å². The summed E-state index contributed by atoms with van der Waals surface area (Å²) in [7, 11) is -3.65. The van der Waals surface area contributed by atoms with Crippen molar-refractivity contribution in [2.24, 2.45) is 0 Å². The predicted octanol–water partition coefficient (Wildman–Crippen LogP) is 0.115. The second-order valence-electron chi connectivity index (χ2n) is 4.86. The molecule has 0 atom stereocenters. The summed E-state index contributed by atoms with van der Waals surface area (Å²) in [6.07, 6.45) is 2.19. The van der Waals surface area contributed by atoms with E-state index in [1.807, 2.05) is 0 Å². The number of aromatic nitrogens is 1. The molecule has 21 heavy (non-hydrogen) atoms. The van der Waals surface area contributed by atoms with E-state index in [1.165, 1.54) is 16.6 Å². The predicted molar refractivity (Wildman–Crippen MR) is 83.3 cm³/mol. The number of hydrogen-bond donors (Lipinski definition) is 2. The van der Waals surface area contributed by atoms with E-state index in [0.717, 1.165) is 13.0 Å². The summed E-state index contributed by atoms with van der Waals surface area (Å²) >= 11 is 3.22. The van der Waals surface area contributed by atoms with E-state index in [4.69, 9.17) is 10.8 Å². The van der Waals surface area contributed by atoms with E-state index in [2.05, 4.69) is 25.8 Å². The lowest BCUT2D eigenvalue weighted by Crippen LogP contribution is -2.36. The molecule has 0 amide bonds. The first kappa shape index (κ1) is 16.6. The average molecular weight is 379 g/mol. The Morgan fingerprint density at radius 1 is 1.33 bits per heavy atom. The molecule has 2 rings (SSSR count). The van der Waals surface area contributed by atoms with Gasteiger partial charge >= 0.3 is 0 Å². The molecule has 1 fully saturated rings. The zero-order chi connectivity index (χ0) is 15.5. The van der Waals surface area contributed by atoms with E-state index >= 15 is 0 Å². The van der Waals surface area contributed by atoms with Crippen molar-refractivity contribution in [2.45, 2.75) is 11.3 Å². The summed E-state index contributed by atoms with van der Waals surface area (Å²) in [5, 5.41) is 8.98. The number of sulfonamides is 1. The molecule has 1 aromatic heterocycles. The van der Waals surface area contributed by atoms with Crippen LogP contribution in [-0.4, -0.2) is 67.0 Å². The first-order chi connectivity index (χ1) is 9.95. The zero-order valence-corrected chi connectivity index (χ0v) is 14.0. The van der Waals surface area contributed by atoms with Gasteiger partial charge in [0.25, 0.3) is 0 Å². The normalized spacial score (nSPS) is 18.6. The molecule has 3 N–H and O–H groups in total. The van der Waals surface area contributed by atoms with Crippen LogP contribution in [0.15, 0.2) is 21.6 Å². The summed E-state index contributed by atoms with van der Waals surface area (Å²) in [5.41, 5.74) is 5.72. The Hall–Kier alpha value is -0.740. The van der Waals surface area contributed by atoms with Gasteiger partial charge in [0.05, 0.1) is 6.61 Å². The Labute approximate surface area is 132 Å². The fraction of sp³-hybridized carbons (Fsp3) is 0.583. The van der Waals surface area contributed by atoms with Gasteiger partial charge < -0.3 is 10.8 Å². The largest absolute Gasteiger partial charge is 0.395 e. The van der Waals surface area contributed by atoms with Crippen LogP contribution in [0.4, 0.5) is 5.82 Å². The summed E-state index contributed by atoms with van der Waals surface area (Å²) in [5.74, 6) is 0.00895. The van der Waals surface area contributed by atoms with Crippen LogP contribution in [0, 0.1) is 0 Å². The Balaban J connectivity index is 2.21. The minimum atomic E-state index is -3.65. The number of nitrogens with two attached hydrogens (primary N) is 1. The van der Waals surface area contributed by atoms with Gasteiger partial charge in [-0.1, -0.05) is 0 Å². The maximum Gasteiger partial charge on any atom is 0.246 e. The molecule has 0 unspecified atom stereocenters.